The van der Waals surface area contributed by atoms with Crippen LogP contribution in [0.15, 0.2) is 10.9 Å². The molecular formula is C8H12N2O2S. The number of amides is 1. The highest BCUT2D eigenvalue weighted by Crippen LogP contribution is 2.05. The molecule has 1 heterocycles. The van der Waals surface area contributed by atoms with Crippen LogP contribution >= 0.6 is 11.3 Å². The van der Waals surface area contributed by atoms with E-state index >= 15 is 0 Å². The summed E-state index contributed by atoms with van der Waals surface area (Å²) in [7, 11) is 0. The third-order valence-electron chi connectivity index (χ3n) is 1.11. The van der Waals surface area contributed by atoms with E-state index in [-0.39, 0.29) is 11.5 Å². The minimum absolute atomic E-state index is 0.309. The van der Waals surface area contributed by atoms with Gasteiger partial charge in [0, 0.05) is 5.38 Å². The summed E-state index contributed by atoms with van der Waals surface area (Å²) in [6.07, 6.45) is 0. The van der Waals surface area contributed by atoms with Gasteiger partial charge in [-0.3, -0.25) is 9.63 Å². The fraction of sp³-hybridized carbons (Fsp3) is 0.500. The van der Waals surface area contributed by atoms with E-state index in [1.807, 2.05) is 20.8 Å². The number of nitrogens with zero attached hydrogens (tertiary/aromatic N) is 1. The van der Waals surface area contributed by atoms with E-state index in [1.54, 1.807) is 10.9 Å². The second-order valence-corrected chi connectivity index (χ2v) is 4.24. The first-order valence-electron chi connectivity index (χ1n) is 3.85. The molecule has 0 aromatic carbocycles. The quantitative estimate of drug-likeness (QED) is 0.738. The largest absolute Gasteiger partial charge is 0.294 e. The van der Waals surface area contributed by atoms with E-state index < -0.39 is 0 Å². The molecule has 0 fully saturated rings. The minimum Gasteiger partial charge on any atom is -0.268 e. The molecule has 5 heteroatoms. The number of aromatic nitrogens is 1. The van der Waals surface area contributed by atoms with Crippen molar-refractivity contribution in [1.82, 2.24) is 10.5 Å². The molecule has 0 saturated heterocycles. The molecule has 0 spiro atoms. The highest BCUT2D eigenvalue weighted by atomic mass is 32.1. The molecule has 0 aliphatic heterocycles. The predicted molar refractivity (Wildman–Crippen MR) is 50.4 cm³/mol. The lowest BCUT2D eigenvalue weighted by Crippen LogP contribution is -2.33. The molecule has 0 radical (unpaired) electrons. The van der Waals surface area contributed by atoms with Crippen molar-refractivity contribution in [3.63, 3.8) is 0 Å². The van der Waals surface area contributed by atoms with Crippen molar-refractivity contribution in [3.05, 3.63) is 16.6 Å². The molecule has 1 N–H and O–H groups in total. The average Bonchev–Trinajstić information content (AvgIpc) is 2.50. The maximum Gasteiger partial charge on any atom is 0.294 e. The number of carbonyl (C=O) groups is 1. The summed E-state index contributed by atoms with van der Waals surface area (Å²) in [5.41, 5.74) is 3.93. The Bertz CT molecular complexity index is 277. The zero-order chi connectivity index (χ0) is 9.90. The van der Waals surface area contributed by atoms with Crippen LogP contribution < -0.4 is 5.48 Å². The topological polar surface area (TPSA) is 51.2 Å². The van der Waals surface area contributed by atoms with Gasteiger partial charge in [-0.2, -0.15) is 0 Å². The van der Waals surface area contributed by atoms with E-state index in [2.05, 4.69) is 10.5 Å². The van der Waals surface area contributed by atoms with Gasteiger partial charge >= 0.3 is 0 Å². The van der Waals surface area contributed by atoms with Crippen molar-refractivity contribution in [1.29, 1.82) is 0 Å². The van der Waals surface area contributed by atoms with Crippen molar-refractivity contribution < 1.29 is 9.63 Å². The molecule has 0 aliphatic carbocycles. The number of hydrogen-bond acceptors (Lipinski definition) is 4. The molecule has 0 saturated carbocycles. The number of rotatable bonds is 2. The van der Waals surface area contributed by atoms with E-state index in [0.717, 1.165) is 0 Å². The molecule has 0 bridgehead atoms. The Balaban J connectivity index is 2.44. The van der Waals surface area contributed by atoms with Gasteiger partial charge in [-0.15, -0.1) is 11.3 Å². The minimum atomic E-state index is -0.383. The molecule has 1 aromatic rings. The Hall–Kier alpha value is -0.940. The maximum atomic E-state index is 11.3. The second kappa shape index (κ2) is 3.85. The van der Waals surface area contributed by atoms with Crippen LogP contribution in [-0.2, 0) is 4.84 Å². The summed E-state index contributed by atoms with van der Waals surface area (Å²) >= 11 is 1.37. The van der Waals surface area contributed by atoms with Gasteiger partial charge in [-0.05, 0) is 20.8 Å². The van der Waals surface area contributed by atoms with Gasteiger partial charge in [-0.1, -0.05) is 0 Å². The summed E-state index contributed by atoms with van der Waals surface area (Å²) in [4.78, 5) is 20.2. The number of hydroxylamine groups is 1. The SMILES string of the molecule is CC(C)(C)ONC(=O)c1cscn1. The molecule has 0 aliphatic rings. The number of hydrogen-bond donors (Lipinski definition) is 1. The van der Waals surface area contributed by atoms with Crippen molar-refractivity contribution in [3.8, 4) is 0 Å². The maximum absolute atomic E-state index is 11.3. The first kappa shape index (κ1) is 10.1. The molecule has 1 rings (SSSR count). The second-order valence-electron chi connectivity index (χ2n) is 3.52. The highest BCUT2D eigenvalue weighted by molar-refractivity contribution is 7.07. The van der Waals surface area contributed by atoms with E-state index in [4.69, 9.17) is 4.84 Å². The van der Waals surface area contributed by atoms with Gasteiger partial charge in [0.1, 0.15) is 5.69 Å². The summed E-state index contributed by atoms with van der Waals surface area (Å²) in [6, 6.07) is 0. The Kier molecular flexibility index (Phi) is 3.00. The zero-order valence-electron chi connectivity index (χ0n) is 7.83. The Morgan fingerprint density at radius 1 is 1.62 bits per heavy atom. The molecule has 4 nitrogen and oxygen atoms in total. The lowest BCUT2D eigenvalue weighted by molar-refractivity contribution is -0.0591. The Morgan fingerprint density at radius 2 is 2.31 bits per heavy atom. The van der Waals surface area contributed by atoms with E-state index in [1.165, 1.54) is 11.3 Å². The van der Waals surface area contributed by atoms with Crippen molar-refractivity contribution >= 4 is 17.2 Å². The number of thiazole rings is 1. The monoisotopic (exact) mass is 200 g/mol. The van der Waals surface area contributed by atoms with Crippen molar-refractivity contribution in [2.24, 2.45) is 0 Å². The van der Waals surface area contributed by atoms with Gasteiger partial charge in [0.05, 0.1) is 11.1 Å². The van der Waals surface area contributed by atoms with Gasteiger partial charge in [0.2, 0.25) is 0 Å². The summed E-state index contributed by atoms with van der Waals surface area (Å²) in [6.45, 7) is 5.57. The Morgan fingerprint density at radius 3 is 2.77 bits per heavy atom. The molecule has 1 amide bonds. The fourth-order valence-corrected chi connectivity index (χ4v) is 1.11. The molecule has 1 aromatic heterocycles. The molecular weight excluding hydrogens is 188 g/mol. The van der Waals surface area contributed by atoms with Crippen LogP contribution in [0.4, 0.5) is 0 Å². The lowest BCUT2D eigenvalue weighted by atomic mass is 10.2. The Labute approximate surface area is 80.9 Å². The van der Waals surface area contributed by atoms with E-state index in [0.29, 0.717) is 5.69 Å². The van der Waals surface area contributed by atoms with Crippen LogP contribution in [0.1, 0.15) is 31.3 Å². The van der Waals surface area contributed by atoms with Gasteiger partial charge in [-0.25, -0.2) is 10.5 Å². The fourth-order valence-electron chi connectivity index (χ4n) is 0.576. The molecule has 72 valence electrons. The van der Waals surface area contributed by atoms with Crippen LogP contribution in [-0.4, -0.2) is 16.5 Å². The van der Waals surface area contributed by atoms with Gasteiger partial charge < -0.3 is 0 Å². The van der Waals surface area contributed by atoms with Crippen molar-refractivity contribution in [2.75, 3.05) is 0 Å². The standard InChI is InChI=1S/C8H12N2O2S/c1-8(2,3)12-10-7(11)6-4-13-5-9-6/h4-5H,1-3H3,(H,10,11). The third-order valence-corrected chi connectivity index (χ3v) is 1.70. The van der Waals surface area contributed by atoms with Crippen LogP contribution in [0.5, 0.6) is 0 Å². The lowest BCUT2D eigenvalue weighted by Gasteiger charge is -2.18. The van der Waals surface area contributed by atoms with E-state index in [9.17, 15) is 4.79 Å². The third kappa shape index (κ3) is 3.52. The van der Waals surface area contributed by atoms with Crippen LogP contribution in [0.3, 0.4) is 0 Å². The zero-order valence-corrected chi connectivity index (χ0v) is 8.64. The number of nitrogens with one attached hydrogen (secondary N) is 1. The summed E-state index contributed by atoms with van der Waals surface area (Å²) < 4.78 is 0. The van der Waals surface area contributed by atoms with Crippen molar-refractivity contribution in [2.45, 2.75) is 26.4 Å². The van der Waals surface area contributed by atoms with Crippen LogP contribution in [0, 0.1) is 0 Å². The molecule has 0 atom stereocenters. The average molecular weight is 200 g/mol. The van der Waals surface area contributed by atoms with Gasteiger partial charge in [0.25, 0.3) is 5.91 Å². The normalized spacial score (nSPS) is 11.3. The smallest absolute Gasteiger partial charge is 0.268 e. The first-order chi connectivity index (χ1) is 5.99. The van der Waals surface area contributed by atoms with Crippen LogP contribution in [0.2, 0.25) is 0 Å². The predicted octanol–water partition coefficient (Wildman–Crippen LogP) is 1.60. The highest BCUT2D eigenvalue weighted by Gasteiger charge is 2.14. The molecule has 13 heavy (non-hydrogen) atoms. The van der Waals surface area contributed by atoms with Gasteiger partial charge in [0.15, 0.2) is 0 Å². The molecule has 0 unspecified atom stereocenters. The van der Waals surface area contributed by atoms with Crippen LogP contribution in [0.25, 0.3) is 0 Å². The summed E-state index contributed by atoms with van der Waals surface area (Å²) in [5.74, 6) is -0.309. The summed E-state index contributed by atoms with van der Waals surface area (Å²) in [5, 5.41) is 1.67. The number of carbonyl (C=O) groups excluding carboxylic acids is 1. The first-order valence-corrected chi connectivity index (χ1v) is 4.80.